The van der Waals surface area contributed by atoms with Crippen LogP contribution in [0.15, 0.2) is 23.1 Å². The van der Waals surface area contributed by atoms with Crippen molar-refractivity contribution in [3.8, 4) is 0 Å². The van der Waals surface area contributed by atoms with Crippen molar-refractivity contribution < 1.29 is 18.3 Å². The topological polar surface area (TPSA) is 74.7 Å². The Morgan fingerprint density at radius 3 is 2.39 bits per heavy atom. The molecule has 1 fully saturated rings. The SMILES string of the molecule is O=C(O)c1ccc(S(=O)(=O)N2CCCC2)cc1Cl. The first kappa shape index (κ1) is 13.3. The molecule has 5 nitrogen and oxygen atoms in total. The van der Waals surface area contributed by atoms with E-state index in [2.05, 4.69) is 0 Å². The van der Waals surface area contributed by atoms with E-state index in [1.54, 1.807) is 0 Å². The average Bonchev–Trinajstić information content (AvgIpc) is 2.82. The standard InChI is InChI=1S/C11H12ClNO4S/c12-10-7-8(3-4-9(10)11(14)15)18(16,17)13-5-1-2-6-13/h3-4,7H,1-2,5-6H2,(H,14,15). The molecule has 2 rings (SSSR count). The average molecular weight is 290 g/mol. The van der Waals surface area contributed by atoms with Gasteiger partial charge in [-0.25, -0.2) is 13.2 Å². The Labute approximate surface area is 110 Å². The Morgan fingerprint density at radius 2 is 1.89 bits per heavy atom. The second-order valence-electron chi connectivity index (χ2n) is 4.06. The van der Waals surface area contributed by atoms with Gasteiger partial charge >= 0.3 is 5.97 Å². The molecular weight excluding hydrogens is 278 g/mol. The molecule has 0 aromatic heterocycles. The molecule has 0 saturated carbocycles. The highest BCUT2D eigenvalue weighted by molar-refractivity contribution is 7.89. The van der Waals surface area contributed by atoms with Gasteiger partial charge < -0.3 is 5.11 Å². The maximum atomic E-state index is 12.2. The summed E-state index contributed by atoms with van der Waals surface area (Å²) in [7, 11) is -3.55. The maximum absolute atomic E-state index is 12.2. The van der Waals surface area contributed by atoms with Crippen molar-refractivity contribution in [2.75, 3.05) is 13.1 Å². The lowest BCUT2D eigenvalue weighted by Gasteiger charge is -2.15. The zero-order valence-corrected chi connectivity index (χ0v) is 11.0. The normalized spacial score (nSPS) is 16.9. The molecule has 18 heavy (non-hydrogen) atoms. The van der Waals surface area contributed by atoms with Crippen LogP contribution in [0, 0.1) is 0 Å². The number of nitrogens with zero attached hydrogens (tertiary/aromatic N) is 1. The number of carboxylic acids is 1. The third-order valence-corrected chi connectivity index (χ3v) is 5.08. The van der Waals surface area contributed by atoms with Crippen LogP contribution in [0.5, 0.6) is 0 Å². The van der Waals surface area contributed by atoms with Crippen LogP contribution in [-0.2, 0) is 10.0 Å². The molecule has 1 aromatic rings. The Morgan fingerprint density at radius 1 is 1.28 bits per heavy atom. The molecule has 1 aliphatic heterocycles. The van der Waals surface area contributed by atoms with E-state index >= 15 is 0 Å². The molecule has 0 bridgehead atoms. The number of sulfonamides is 1. The van der Waals surface area contributed by atoms with Crippen LogP contribution in [0.2, 0.25) is 5.02 Å². The first-order valence-electron chi connectivity index (χ1n) is 5.46. The van der Waals surface area contributed by atoms with E-state index in [9.17, 15) is 13.2 Å². The fraction of sp³-hybridized carbons (Fsp3) is 0.364. The molecule has 0 spiro atoms. The zero-order chi connectivity index (χ0) is 13.3. The summed E-state index contributed by atoms with van der Waals surface area (Å²) in [5, 5.41) is 8.76. The van der Waals surface area contributed by atoms with E-state index in [0.29, 0.717) is 13.1 Å². The van der Waals surface area contributed by atoms with Crippen LogP contribution < -0.4 is 0 Å². The summed E-state index contributed by atoms with van der Waals surface area (Å²) in [5.74, 6) is -1.18. The van der Waals surface area contributed by atoms with Crippen LogP contribution in [0.25, 0.3) is 0 Å². The number of halogens is 1. The lowest BCUT2D eigenvalue weighted by atomic mass is 10.2. The smallest absolute Gasteiger partial charge is 0.337 e. The summed E-state index contributed by atoms with van der Waals surface area (Å²) >= 11 is 5.77. The van der Waals surface area contributed by atoms with Gasteiger partial charge in [0.2, 0.25) is 10.0 Å². The number of aromatic carboxylic acids is 1. The quantitative estimate of drug-likeness (QED) is 0.921. The molecule has 1 aliphatic rings. The van der Waals surface area contributed by atoms with Gasteiger partial charge in [-0.3, -0.25) is 0 Å². The van der Waals surface area contributed by atoms with Gasteiger partial charge in [0, 0.05) is 13.1 Å². The molecule has 0 aliphatic carbocycles. The minimum atomic E-state index is -3.55. The van der Waals surface area contributed by atoms with Crippen molar-refractivity contribution in [2.45, 2.75) is 17.7 Å². The summed E-state index contributed by atoms with van der Waals surface area (Å²) in [4.78, 5) is 10.8. The molecule has 1 heterocycles. The molecular formula is C11H12ClNO4S. The summed E-state index contributed by atoms with van der Waals surface area (Å²) in [5.41, 5.74) is -0.1000. The number of hydrogen-bond acceptors (Lipinski definition) is 3. The monoisotopic (exact) mass is 289 g/mol. The molecule has 7 heteroatoms. The number of rotatable bonds is 3. The van der Waals surface area contributed by atoms with Crippen molar-refractivity contribution in [3.05, 3.63) is 28.8 Å². The zero-order valence-electron chi connectivity index (χ0n) is 9.47. The van der Waals surface area contributed by atoms with Gasteiger partial charge in [0.1, 0.15) is 0 Å². The van der Waals surface area contributed by atoms with Crippen LogP contribution in [0.3, 0.4) is 0 Å². The molecule has 0 unspecified atom stereocenters. The van der Waals surface area contributed by atoms with Crippen molar-refractivity contribution in [2.24, 2.45) is 0 Å². The van der Waals surface area contributed by atoms with E-state index in [1.807, 2.05) is 0 Å². The van der Waals surface area contributed by atoms with Crippen molar-refractivity contribution in [1.29, 1.82) is 0 Å². The Hall–Kier alpha value is -1.11. The third kappa shape index (κ3) is 2.36. The van der Waals surface area contributed by atoms with Crippen LogP contribution in [0.1, 0.15) is 23.2 Å². The summed E-state index contributed by atoms with van der Waals surface area (Å²) in [6.07, 6.45) is 1.69. The first-order valence-corrected chi connectivity index (χ1v) is 7.28. The first-order chi connectivity index (χ1) is 8.43. The molecule has 0 radical (unpaired) electrons. The van der Waals surface area contributed by atoms with Gasteiger partial charge in [-0.1, -0.05) is 11.6 Å². The molecule has 0 atom stereocenters. The maximum Gasteiger partial charge on any atom is 0.337 e. The van der Waals surface area contributed by atoms with Gasteiger partial charge in [0.05, 0.1) is 15.5 Å². The van der Waals surface area contributed by atoms with Gasteiger partial charge in [-0.2, -0.15) is 4.31 Å². The van der Waals surface area contributed by atoms with Crippen LogP contribution in [-0.4, -0.2) is 36.9 Å². The number of carbonyl (C=O) groups is 1. The predicted molar refractivity (Wildman–Crippen MR) is 66.4 cm³/mol. The second kappa shape index (κ2) is 4.87. The fourth-order valence-electron chi connectivity index (χ4n) is 1.91. The van der Waals surface area contributed by atoms with Gasteiger partial charge in [-0.15, -0.1) is 0 Å². The highest BCUT2D eigenvalue weighted by Crippen LogP contribution is 2.25. The number of carboxylic acid groups (broad SMARTS) is 1. The fourth-order valence-corrected chi connectivity index (χ4v) is 3.78. The van der Waals surface area contributed by atoms with Gasteiger partial charge in [0.15, 0.2) is 0 Å². The Kier molecular flexibility index (Phi) is 3.61. The second-order valence-corrected chi connectivity index (χ2v) is 6.40. The van der Waals surface area contributed by atoms with Crippen molar-refractivity contribution in [3.63, 3.8) is 0 Å². The van der Waals surface area contributed by atoms with Crippen LogP contribution in [0.4, 0.5) is 0 Å². The lowest BCUT2D eigenvalue weighted by molar-refractivity contribution is 0.0697. The molecule has 98 valence electrons. The van der Waals surface area contributed by atoms with Crippen LogP contribution >= 0.6 is 11.6 Å². The molecule has 1 N–H and O–H groups in total. The lowest BCUT2D eigenvalue weighted by Crippen LogP contribution is -2.27. The van der Waals surface area contributed by atoms with E-state index < -0.39 is 16.0 Å². The van der Waals surface area contributed by atoms with Crippen molar-refractivity contribution in [1.82, 2.24) is 4.31 Å². The van der Waals surface area contributed by atoms with E-state index in [-0.39, 0.29) is 15.5 Å². The number of hydrogen-bond donors (Lipinski definition) is 1. The third-order valence-electron chi connectivity index (χ3n) is 2.87. The minimum Gasteiger partial charge on any atom is -0.478 e. The van der Waals surface area contributed by atoms with Crippen molar-refractivity contribution >= 4 is 27.6 Å². The largest absolute Gasteiger partial charge is 0.478 e. The summed E-state index contributed by atoms with van der Waals surface area (Å²) < 4.78 is 25.8. The summed E-state index contributed by atoms with van der Waals surface area (Å²) in [6, 6.07) is 3.69. The Bertz CT molecular complexity index is 579. The number of benzene rings is 1. The van der Waals surface area contributed by atoms with E-state index in [0.717, 1.165) is 12.8 Å². The highest BCUT2D eigenvalue weighted by atomic mass is 35.5. The van der Waals surface area contributed by atoms with Gasteiger partial charge in [0.25, 0.3) is 0 Å². The van der Waals surface area contributed by atoms with Gasteiger partial charge in [-0.05, 0) is 31.0 Å². The molecule has 0 amide bonds. The van der Waals surface area contributed by atoms with E-state index in [4.69, 9.17) is 16.7 Å². The highest BCUT2D eigenvalue weighted by Gasteiger charge is 2.27. The predicted octanol–water partition coefficient (Wildman–Crippen LogP) is 1.82. The summed E-state index contributed by atoms with van der Waals surface area (Å²) in [6.45, 7) is 1.00. The molecule has 1 aromatic carbocycles. The van der Waals surface area contributed by atoms with E-state index in [1.165, 1.54) is 22.5 Å². The molecule has 1 saturated heterocycles. The minimum absolute atomic E-state index is 0.0411. The Balaban J connectivity index is 2.40.